The second-order valence-corrected chi connectivity index (χ2v) is 6.54. The second-order valence-electron chi connectivity index (χ2n) is 4.32. The van der Waals surface area contributed by atoms with Crippen LogP contribution in [0.3, 0.4) is 0 Å². The Morgan fingerprint density at radius 2 is 2.21 bits per heavy atom. The molecule has 1 aromatic rings. The maximum atomic E-state index is 12.0. The predicted octanol–water partition coefficient (Wildman–Crippen LogP) is 2.75. The number of nitrogens with one attached hydrogen (secondary N) is 1. The number of hydrogen-bond donors (Lipinski definition) is 3. The lowest BCUT2D eigenvalue weighted by Crippen LogP contribution is -2.24. The van der Waals surface area contributed by atoms with Crippen molar-refractivity contribution in [3.05, 3.63) is 23.2 Å². The molecule has 0 saturated heterocycles. The molecule has 0 spiro atoms. The Bertz CT molecular complexity index is 443. The van der Waals surface area contributed by atoms with Crippen molar-refractivity contribution >= 4 is 40.6 Å². The molecule has 0 aliphatic rings. The number of benzene rings is 1. The molecule has 1 rings (SSSR count). The number of carbonyl (C=O) groups is 1. The number of halogens is 1. The summed E-state index contributed by atoms with van der Waals surface area (Å²) in [6.07, 6.45) is 0.672. The van der Waals surface area contributed by atoms with E-state index in [1.54, 1.807) is 18.2 Å². The van der Waals surface area contributed by atoms with E-state index in [0.29, 0.717) is 22.8 Å². The number of thioether (sulfide) groups is 1. The van der Waals surface area contributed by atoms with E-state index in [0.717, 1.165) is 0 Å². The van der Waals surface area contributed by atoms with Gasteiger partial charge in [0.2, 0.25) is 5.91 Å². The van der Waals surface area contributed by atoms with Gasteiger partial charge in [-0.25, -0.2) is 0 Å². The largest absolute Gasteiger partial charge is 0.397 e. The summed E-state index contributed by atoms with van der Waals surface area (Å²) in [6.45, 7) is 3.95. The Hall–Kier alpha value is -0.910. The fraction of sp³-hybridized carbons (Fsp3) is 0.462. The zero-order valence-electron chi connectivity index (χ0n) is 11.0. The van der Waals surface area contributed by atoms with Crippen molar-refractivity contribution in [1.29, 1.82) is 0 Å². The summed E-state index contributed by atoms with van der Waals surface area (Å²) in [7, 11) is 0. The van der Waals surface area contributed by atoms with Crippen LogP contribution < -0.4 is 11.1 Å². The summed E-state index contributed by atoms with van der Waals surface area (Å²) in [5.41, 5.74) is 6.79. The summed E-state index contributed by atoms with van der Waals surface area (Å²) in [5, 5.41) is 12.2. The quantitative estimate of drug-likeness (QED) is 0.706. The summed E-state index contributed by atoms with van der Waals surface area (Å²) in [5.74, 6) is -0.108. The molecule has 4 N–H and O–H groups in total. The number of carbonyl (C=O) groups excluding carboxylic acids is 1. The summed E-state index contributed by atoms with van der Waals surface area (Å²) >= 11 is 7.32. The lowest BCUT2D eigenvalue weighted by atomic mass is 10.2. The monoisotopic (exact) mass is 302 g/mol. The molecule has 0 bridgehead atoms. The van der Waals surface area contributed by atoms with Crippen LogP contribution in [0, 0.1) is 0 Å². The number of hydrogen-bond acceptors (Lipinski definition) is 4. The molecule has 0 saturated carbocycles. The van der Waals surface area contributed by atoms with Gasteiger partial charge < -0.3 is 16.2 Å². The van der Waals surface area contributed by atoms with Crippen molar-refractivity contribution in [3.63, 3.8) is 0 Å². The van der Waals surface area contributed by atoms with Gasteiger partial charge in [-0.05, 0) is 31.5 Å². The topological polar surface area (TPSA) is 75.3 Å². The summed E-state index contributed by atoms with van der Waals surface area (Å²) in [6, 6.07) is 4.97. The third-order valence-corrected chi connectivity index (χ3v) is 4.17. The molecule has 2 atom stereocenters. The first-order valence-electron chi connectivity index (χ1n) is 6.06. The fourth-order valence-corrected chi connectivity index (χ4v) is 2.84. The van der Waals surface area contributed by atoms with E-state index in [-0.39, 0.29) is 23.0 Å². The van der Waals surface area contributed by atoms with E-state index in [4.69, 9.17) is 22.4 Å². The molecule has 4 nitrogen and oxygen atoms in total. The Kier molecular flexibility index (Phi) is 6.48. The van der Waals surface area contributed by atoms with Crippen LogP contribution in [0.4, 0.5) is 11.4 Å². The summed E-state index contributed by atoms with van der Waals surface area (Å²) < 4.78 is 0. The van der Waals surface area contributed by atoms with Gasteiger partial charge >= 0.3 is 0 Å². The minimum atomic E-state index is -0.211. The predicted molar refractivity (Wildman–Crippen MR) is 82.7 cm³/mol. The number of aliphatic hydroxyl groups is 1. The number of aliphatic hydroxyl groups excluding tert-OH is 1. The molecule has 6 heteroatoms. The van der Waals surface area contributed by atoms with Crippen LogP contribution in [-0.2, 0) is 4.79 Å². The van der Waals surface area contributed by atoms with Crippen LogP contribution in [0.2, 0.25) is 5.02 Å². The highest BCUT2D eigenvalue weighted by molar-refractivity contribution is 8.01. The smallest absolute Gasteiger partial charge is 0.237 e. The highest BCUT2D eigenvalue weighted by Crippen LogP contribution is 2.25. The third kappa shape index (κ3) is 5.30. The molecule has 19 heavy (non-hydrogen) atoms. The first kappa shape index (κ1) is 16.1. The van der Waals surface area contributed by atoms with Gasteiger partial charge in [0.25, 0.3) is 0 Å². The van der Waals surface area contributed by atoms with Crippen molar-refractivity contribution in [2.45, 2.75) is 30.8 Å². The average Bonchev–Trinajstić information content (AvgIpc) is 2.32. The van der Waals surface area contributed by atoms with Crippen molar-refractivity contribution in [2.75, 3.05) is 17.7 Å². The van der Waals surface area contributed by atoms with Crippen LogP contribution in [0.25, 0.3) is 0 Å². The molecule has 2 unspecified atom stereocenters. The van der Waals surface area contributed by atoms with Crippen molar-refractivity contribution in [2.24, 2.45) is 0 Å². The second kappa shape index (κ2) is 7.62. The van der Waals surface area contributed by atoms with Crippen molar-refractivity contribution in [3.8, 4) is 0 Å². The van der Waals surface area contributed by atoms with Crippen LogP contribution in [0.15, 0.2) is 18.2 Å². The molecule has 1 amide bonds. The van der Waals surface area contributed by atoms with E-state index >= 15 is 0 Å². The van der Waals surface area contributed by atoms with E-state index in [1.165, 1.54) is 11.8 Å². The first-order valence-corrected chi connectivity index (χ1v) is 7.38. The molecule has 0 aromatic heterocycles. The number of amides is 1. The zero-order chi connectivity index (χ0) is 14.4. The maximum Gasteiger partial charge on any atom is 0.237 e. The minimum absolute atomic E-state index is 0.108. The molecule has 1 aromatic carbocycles. The van der Waals surface area contributed by atoms with Crippen LogP contribution in [0.5, 0.6) is 0 Å². The normalized spacial score (nSPS) is 13.9. The summed E-state index contributed by atoms with van der Waals surface area (Å²) in [4.78, 5) is 12.0. The molecule has 0 aliphatic heterocycles. The molecule has 0 aliphatic carbocycles. The highest BCUT2D eigenvalue weighted by atomic mass is 35.5. The van der Waals surface area contributed by atoms with Gasteiger partial charge in [-0.15, -0.1) is 11.8 Å². The lowest BCUT2D eigenvalue weighted by molar-refractivity contribution is -0.115. The van der Waals surface area contributed by atoms with E-state index in [9.17, 15) is 4.79 Å². The van der Waals surface area contributed by atoms with Gasteiger partial charge in [-0.2, -0.15) is 0 Å². The number of nitrogen functional groups attached to an aromatic ring is 1. The number of nitrogens with two attached hydrogens (primary N) is 1. The SMILES string of the molecule is CC(CCO)SC(C)C(=O)Nc1ccc(Cl)cc1N. The third-order valence-electron chi connectivity index (χ3n) is 2.61. The van der Waals surface area contributed by atoms with Gasteiger partial charge in [0.1, 0.15) is 0 Å². The van der Waals surface area contributed by atoms with Gasteiger partial charge in [-0.3, -0.25) is 4.79 Å². The van der Waals surface area contributed by atoms with Gasteiger partial charge in [0.15, 0.2) is 0 Å². The Morgan fingerprint density at radius 3 is 2.79 bits per heavy atom. The van der Waals surface area contributed by atoms with Crippen LogP contribution >= 0.6 is 23.4 Å². The molecular formula is C13H19ClN2O2S. The number of rotatable bonds is 6. The van der Waals surface area contributed by atoms with Crippen molar-refractivity contribution < 1.29 is 9.90 Å². The van der Waals surface area contributed by atoms with E-state index in [1.807, 2.05) is 13.8 Å². The Balaban J connectivity index is 2.58. The lowest BCUT2D eigenvalue weighted by Gasteiger charge is -2.17. The fourth-order valence-electron chi connectivity index (χ4n) is 1.54. The molecule has 106 valence electrons. The van der Waals surface area contributed by atoms with E-state index < -0.39 is 0 Å². The van der Waals surface area contributed by atoms with Crippen LogP contribution in [-0.4, -0.2) is 28.1 Å². The number of anilines is 2. The highest BCUT2D eigenvalue weighted by Gasteiger charge is 2.17. The standard InChI is InChI=1S/C13H19ClN2O2S/c1-8(5-6-17)19-9(2)13(18)16-12-4-3-10(14)7-11(12)15/h3-4,7-9,17H,5-6,15H2,1-2H3,(H,16,18). The zero-order valence-corrected chi connectivity index (χ0v) is 12.6. The molecule has 0 fully saturated rings. The van der Waals surface area contributed by atoms with Crippen molar-refractivity contribution in [1.82, 2.24) is 0 Å². The Morgan fingerprint density at radius 1 is 1.53 bits per heavy atom. The first-order chi connectivity index (χ1) is 8.93. The van der Waals surface area contributed by atoms with Crippen LogP contribution in [0.1, 0.15) is 20.3 Å². The molecular weight excluding hydrogens is 284 g/mol. The Labute approximate surface area is 122 Å². The van der Waals surface area contributed by atoms with Gasteiger partial charge in [-0.1, -0.05) is 18.5 Å². The van der Waals surface area contributed by atoms with Gasteiger partial charge in [0, 0.05) is 16.9 Å². The van der Waals surface area contributed by atoms with Gasteiger partial charge in [0.05, 0.1) is 16.6 Å². The average molecular weight is 303 g/mol. The minimum Gasteiger partial charge on any atom is -0.397 e. The molecule has 0 radical (unpaired) electrons. The van der Waals surface area contributed by atoms with E-state index in [2.05, 4.69) is 5.32 Å². The molecule has 0 heterocycles. The maximum absolute atomic E-state index is 12.0.